The van der Waals surface area contributed by atoms with Gasteiger partial charge in [0.1, 0.15) is 21.4 Å². The molecule has 0 aliphatic carbocycles. The van der Waals surface area contributed by atoms with Gasteiger partial charge in [0.15, 0.2) is 0 Å². The zero-order chi connectivity index (χ0) is 31.2. The van der Waals surface area contributed by atoms with Gasteiger partial charge in [0, 0.05) is 31.3 Å². The second kappa shape index (κ2) is 17.0. The number of methoxy groups -OCH3 is 1. The molecule has 3 aromatic heterocycles. The number of carbonyl (C=O) groups is 1. The van der Waals surface area contributed by atoms with Gasteiger partial charge < -0.3 is 15.2 Å². The minimum Gasteiger partial charge on any atom is -0.496 e. The van der Waals surface area contributed by atoms with Crippen LogP contribution in [0, 0.1) is 12.7 Å². The molecule has 1 aromatic carbocycles. The van der Waals surface area contributed by atoms with Gasteiger partial charge in [-0.15, -0.1) is 11.4 Å². The molecule has 4 rings (SSSR count). The van der Waals surface area contributed by atoms with E-state index in [1.165, 1.54) is 56.9 Å². The van der Waals surface area contributed by atoms with E-state index >= 15 is 0 Å². The van der Waals surface area contributed by atoms with Crippen molar-refractivity contribution in [3.63, 3.8) is 0 Å². The predicted molar refractivity (Wildman–Crippen MR) is 163 cm³/mol. The molecule has 228 valence electrons. The lowest BCUT2D eigenvalue weighted by molar-refractivity contribution is -0.109. The molecule has 0 saturated heterocycles. The van der Waals surface area contributed by atoms with Crippen molar-refractivity contribution in [2.24, 2.45) is 0 Å². The largest absolute Gasteiger partial charge is 0.496 e. The van der Waals surface area contributed by atoms with Gasteiger partial charge >= 0.3 is 5.69 Å². The van der Waals surface area contributed by atoms with Crippen molar-refractivity contribution in [1.82, 2.24) is 29.4 Å². The van der Waals surface area contributed by atoms with E-state index in [2.05, 4.69) is 22.1 Å². The first-order valence-electron chi connectivity index (χ1n) is 13.6. The molecule has 0 saturated carbocycles. The lowest BCUT2D eigenvalue weighted by Gasteiger charge is -2.18. The molecule has 0 radical (unpaired) electrons. The third kappa shape index (κ3) is 8.01. The maximum Gasteiger partial charge on any atom is 0.332 e. The number of rotatable bonds is 12. The highest BCUT2D eigenvalue weighted by molar-refractivity contribution is 7.21. The van der Waals surface area contributed by atoms with E-state index in [1.54, 1.807) is 26.0 Å². The fourth-order valence-electron chi connectivity index (χ4n) is 4.20. The summed E-state index contributed by atoms with van der Waals surface area (Å²) in [6, 6.07) is 3.77. The van der Waals surface area contributed by atoms with Crippen molar-refractivity contribution in [3.8, 4) is 10.8 Å². The minimum atomic E-state index is -0.474. The highest BCUT2D eigenvalue weighted by Gasteiger charge is 2.23. The zero-order valence-corrected chi connectivity index (χ0v) is 25.5. The van der Waals surface area contributed by atoms with E-state index in [0.29, 0.717) is 64.3 Å². The van der Waals surface area contributed by atoms with Gasteiger partial charge in [-0.25, -0.2) is 9.18 Å². The van der Waals surface area contributed by atoms with Crippen LogP contribution in [0.25, 0.3) is 15.2 Å². The molecule has 0 fully saturated rings. The maximum absolute atomic E-state index is 13.9. The third-order valence-electron chi connectivity index (χ3n) is 6.23. The molecule has 0 aliphatic rings. The molecule has 1 amide bonds. The van der Waals surface area contributed by atoms with Crippen LogP contribution in [0.4, 0.5) is 4.39 Å². The van der Waals surface area contributed by atoms with Crippen molar-refractivity contribution in [1.29, 1.82) is 0 Å². The number of aliphatic hydroxyl groups is 1. The van der Waals surface area contributed by atoms with E-state index in [4.69, 9.17) is 9.84 Å². The third-order valence-corrected chi connectivity index (χ3v) is 7.51. The highest BCUT2D eigenvalue weighted by atomic mass is 32.1. The highest BCUT2D eigenvalue weighted by Crippen LogP contribution is 2.31. The fourth-order valence-corrected chi connectivity index (χ4v) is 5.43. The Bertz CT molecular complexity index is 1560. The Labute approximate surface area is 247 Å². The molecule has 0 bridgehead atoms. The number of hydrogen-bond donors (Lipinski definition) is 2. The molecule has 0 spiro atoms. The summed E-state index contributed by atoms with van der Waals surface area (Å²) < 4.78 is 22.0. The van der Waals surface area contributed by atoms with Crippen LogP contribution in [0.5, 0.6) is 5.75 Å². The average Bonchev–Trinajstić information content (AvgIpc) is 3.63. The van der Waals surface area contributed by atoms with Crippen molar-refractivity contribution in [2.45, 2.75) is 59.5 Å². The predicted octanol–water partition coefficient (Wildman–Crippen LogP) is 3.78. The number of nitrogens with zero attached hydrogens (tertiary/aromatic N) is 5. The SMILES string of the molecule is C=CCCO.CC.COc1ccc(F)cc1CCn1c(=O)n([C@H](C)CCNC=O)c(=O)c2c(C)c(-n3nccn3)sc21. The number of nitrogens with one attached hydrogen (secondary N) is 1. The standard InChI is InChI=1S/C23H25FN6O4S.C4H8O.C2H6/c1-14(6-8-25-13-31)29-20(32)19-15(2)21(30-26-9-10-27-30)35-22(19)28(23(29)33)11-7-16-12-17(24)4-5-18(16)34-3;1-2-3-4-5;1-2/h4-5,9-10,12-14H,6-8,11H2,1-3H3,(H,25,31);2,5H,1,3-4H2;1-2H3/t14-;;/m1../s1. The quantitative estimate of drug-likeness (QED) is 0.143. The van der Waals surface area contributed by atoms with Crippen LogP contribution < -0.4 is 21.3 Å². The summed E-state index contributed by atoms with van der Waals surface area (Å²) in [7, 11) is 1.50. The number of aromatic nitrogens is 5. The van der Waals surface area contributed by atoms with E-state index in [0.717, 1.165) is 0 Å². The lowest BCUT2D eigenvalue weighted by atomic mass is 10.1. The molecule has 0 unspecified atom stereocenters. The van der Waals surface area contributed by atoms with Gasteiger partial charge in [0.05, 0.1) is 24.9 Å². The number of halogens is 1. The second-order valence-electron chi connectivity index (χ2n) is 8.86. The number of benzene rings is 1. The smallest absolute Gasteiger partial charge is 0.332 e. The summed E-state index contributed by atoms with van der Waals surface area (Å²) in [5.74, 6) is 0.111. The van der Waals surface area contributed by atoms with Crippen LogP contribution in [-0.2, 0) is 17.8 Å². The lowest BCUT2D eigenvalue weighted by Crippen LogP contribution is -2.42. The first-order valence-corrected chi connectivity index (χ1v) is 14.5. The Balaban J connectivity index is 0.000000797. The number of ether oxygens (including phenoxy) is 1. The summed E-state index contributed by atoms with van der Waals surface area (Å²) in [6.45, 7) is 11.7. The molecular weight excluding hydrogens is 563 g/mol. The van der Waals surface area contributed by atoms with Gasteiger partial charge in [0.25, 0.3) is 5.56 Å². The average molecular weight is 603 g/mol. The summed E-state index contributed by atoms with van der Waals surface area (Å²) in [4.78, 5) is 39.7. The summed E-state index contributed by atoms with van der Waals surface area (Å²) in [5, 5.41) is 20.0. The topological polar surface area (TPSA) is 133 Å². The summed E-state index contributed by atoms with van der Waals surface area (Å²) in [6.07, 6.45) is 6.74. The molecule has 0 aliphatic heterocycles. The van der Waals surface area contributed by atoms with Crippen LogP contribution in [0.15, 0.2) is 52.8 Å². The van der Waals surface area contributed by atoms with Gasteiger partial charge in [-0.1, -0.05) is 31.3 Å². The molecule has 3 heterocycles. The van der Waals surface area contributed by atoms with E-state index in [-0.39, 0.29) is 13.2 Å². The molecule has 13 heteroatoms. The molecule has 11 nitrogen and oxygen atoms in total. The Morgan fingerprint density at radius 2 is 1.93 bits per heavy atom. The van der Waals surface area contributed by atoms with Crippen molar-refractivity contribution in [2.75, 3.05) is 20.3 Å². The number of aryl methyl sites for hydroxylation is 3. The molecule has 2 N–H and O–H groups in total. The van der Waals surface area contributed by atoms with Gasteiger partial charge in [-0.3, -0.25) is 18.7 Å². The Morgan fingerprint density at radius 3 is 2.50 bits per heavy atom. The number of hydrogen-bond acceptors (Lipinski definition) is 8. The van der Waals surface area contributed by atoms with Gasteiger partial charge in [0.2, 0.25) is 6.41 Å². The normalized spacial score (nSPS) is 11.1. The Morgan fingerprint density at radius 1 is 1.24 bits per heavy atom. The number of fused-ring (bicyclic) bond motifs is 1. The fraction of sp³-hybridized carbons (Fsp3) is 0.414. The second-order valence-corrected chi connectivity index (χ2v) is 9.83. The van der Waals surface area contributed by atoms with Crippen LogP contribution in [0.3, 0.4) is 0 Å². The first-order chi connectivity index (χ1) is 20.3. The number of thiophene rings is 1. The van der Waals surface area contributed by atoms with Crippen LogP contribution in [0.1, 0.15) is 50.8 Å². The minimum absolute atomic E-state index is 0.195. The van der Waals surface area contributed by atoms with Crippen molar-refractivity contribution in [3.05, 3.63) is 81.0 Å². The maximum atomic E-state index is 13.9. The van der Waals surface area contributed by atoms with Gasteiger partial charge in [-0.2, -0.15) is 10.2 Å². The Hall–Kier alpha value is -4.10. The zero-order valence-electron chi connectivity index (χ0n) is 24.7. The monoisotopic (exact) mass is 602 g/mol. The summed E-state index contributed by atoms with van der Waals surface area (Å²) in [5.41, 5.74) is 0.388. The molecule has 1 atom stereocenters. The van der Waals surface area contributed by atoms with Crippen LogP contribution >= 0.6 is 11.3 Å². The molecule has 42 heavy (non-hydrogen) atoms. The first kappa shape index (κ1) is 34.1. The number of amides is 1. The Kier molecular flexibility index (Phi) is 13.8. The molecule has 4 aromatic rings. The number of carbonyl (C=O) groups excluding carboxylic acids is 1. The van der Waals surface area contributed by atoms with E-state index in [9.17, 15) is 18.8 Å². The number of aliphatic hydroxyl groups excluding tert-OH is 1. The summed E-state index contributed by atoms with van der Waals surface area (Å²) >= 11 is 1.25. The van der Waals surface area contributed by atoms with Crippen LogP contribution in [0.2, 0.25) is 0 Å². The molecular formula is C29H39FN6O5S. The van der Waals surface area contributed by atoms with E-state index in [1.807, 2.05) is 13.8 Å². The van der Waals surface area contributed by atoms with E-state index < -0.39 is 23.1 Å². The van der Waals surface area contributed by atoms with Crippen molar-refractivity contribution < 1.29 is 19.0 Å². The van der Waals surface area contributed by atoms with Crippen molar-refractivity contribution >= 4 is 28.0 Å². The van der Waals surface area contributed by atoms with Crippen LogP contribution in [-0.4, -0.2) is 55.9 Å². The van der Waals surface area contributed by atoms with Gasteiger partial charge in [-0.05, 0) is 56.9 Å².